The maximum atomic E-state index is 13.7. The Labute approximate surface area is 172 Å². The van der Waals surface area contributed by atoms with Crippen molar-refractivity contribution in [2.75, 3.05) is 12.4 Å². The van der Waals surface area contributed by atoms with E-state index in [9.17, 15) is 14.0 Å². The van der Waals surface area contributed by atoms with Gasteiger partial charge in [0, 0.05) is 37.6 Å². The summed E-state index contributed by atoms with van der Waals surface area (Å²) in [6.45, 7) is 2.04. The van der Waals surface area contributed by atoms with E-state index in [2.05, 4.69) is 26.0 Å². The first-order chi connectivity index (χ1) is 14.4. The average molecular weight is 412 g/mol. The number of carbonyl (C=O) groups is 2. The van der Waals surface area contributed by atoms with E-state index in [1.54, 1.807) is 44.3 Å². The van der Waals surface area contributed by atoms with E-state index in [1.165, 1.54) is 23.0 Å². The van der Waals surface area contributed by atoms with Crippen LogP contribution in [0.25, 0.3) is 0 Å². The summed E-state index contributed by atoms with van der Waals surface area (Å²) in [5.74, 6) is -0.0807. The molecule has 2 heterocycles. The number of hydrogen-bond donors (Lipinski definition) is 3. The van der Waals surface area contributed by atoms with Crippen LogP contribution in [0.15, 0.2) is 48.7 Å². The summed E-state index contributed by atoms with van der Waals surface area (Å²) >= 11 is 0. The van der Waals surface area contributed by atoms with Crippen molar-refractivity contribution in [2.24, 2.45) is 0 Å². The molecule has 0 bridgehead atoms. The number of urea groups is 1. The number of rotatable bonds is 7. The van der Waals surface area contributed by atoms with E-state index in [0.717, 1.165) is 5.69 Å². The molecule has 0 fully saturated rings. The summed E-state index contributed by atoms with van der Waals surface area (Å²) in [5, 5.41) is 12.0. The van der Waals surface area contributed by atoms with Crippen molar-refractivity contribution in [1.82, 2.24) is 25.4 Å². The third-order valence-electron chi connectivity index (χ3n) is 4.10. The second kappa shape index (κ2) is 9.50. The SMILES string of the molecule is CNC(=O)Cn1nc(NC(=O)NCc2ccnc(Oc3ccccc3F)c2)cc1C. The molecule has 0 radical (unpaired) electrons. The van der Waals surface area contributed by atoms with Crippen molar-refractivity contribution in [2.45, 2.75) is 20.0 Å². The summed E-state index contributed by atoms with van der Waals surface area (Å²) in [5.41, 5.74) is 1.45. The van der Waals surface area contributed by atoms with Gasteiger partial charge in [-0.05, 0) is 30.7 Å². The lowest BCUT2D eigenvalue weighted by molar-refractivity contribution is -0.121. The average Bonchev–Trinajstić information content (AvgIpc) is 3.07. The van der Waals surface area contributed by atoms with Crippen LogP contribution in [0.4, 0.5) is 15.0 Å². The van der Waals surface area contributed by atoms with Gasteiger partial charge in [-0.2, -0.15) is 5.10 Å². The van der Waals surface area contributed by atoms with Gasteiger partial charge < -0.3 is 15.4 Å². The van der Waals surface area contributed by atoms with Crippen molar-refractivity contribution >= 4 is 17.8 Å². The van der Waals surface area contributed by atoms with Gasteiger partial charge in [0.2, 0.25) is 11.8 Å². The third-order valence-corrected chi connectivity index (χ3v) is 4.10. The molecule has 0 saturated carbocycles. The van der Waals surface area contributed by atoms with Crippen LogP contribution in [0.5, 0.6) is 11.6 Å². The lowest BCUT2D eigenvalue weighted by Crippen LogP contribution is -2.28. The number of benzene rings is 1. The highest BCUT2D eigenvalue weighted by atomic mass is 19.1. The van der Waals surface area contributed by atoms with Gasteiger partial charge in [-0.25, -0.2) is 14.2 Å². The van der Waals surface area contributed by atoms with Crippen LogP contribution in [-0.4, -0.2) is 33.8 Å². The highest BCUT2D eigenvalue weighted by molar-refractivity contribution is 5.88. The largest absolute Gasteiger partial charge is 0.436 e. The molecular formula is C20H21FN6O3. The van der Waals surface area contributed by atoms with Gasteiger partial charge in [-0.15, -0.1) is 0 Å². The Morgan fingerprint density at radius 1 is 1.20 bits per heavy atom. The summed E-state index contributed by atoms with van der Waals surface area (Å²) in [7, 11) is 1.54. The molecule has 3 rings (SSSR count). The van der Waals surface area contributed by atoms with Crippen molar-refractivity contribution in [3.8, 4) is 11.6 Å². The fourth-order valence-corrected chi connectivity index (χ4v) is 2.55. The quantitative estimate of drug-likeness (QED) is 0.553. The fraction of sp³-hybridized carbons (Fsp3) is 0.200. The highest BCUT2D eigenvalue weighted by Crippen LogP contribution is 2.22. The Kier molecular flexibility index (Phi) is 6.58. The van der Waals surface area contributed by atoms with E-state index in [1.807, 2.05) is 0 Å². The molecule has 0 spiro atoms. The minimum Gasteiger partial charge on any atom is -0.436 e. The zero-order valence-electron chi connectivity index (χ0n) is 16.5. The normalized spacial score (nSPS) is 10.4. The van der Waals surface area contributed by atoms with E-state index < -0.39 is 11.8 Å². The number of nitrogens with zero attached hydrogens (tertiary/aromatic N) is 3. The molecule has 3 aromatic rings. The first-order valence-corrected chi connectivity index (χ1v) is 9.12. The second-order valence-corrected chi connectivity index (χ2v) is 6.34. The van der Waals surface area contributed by atoms with Gasteiger partial charge >= 0.3 is 6.03 Å². The van der Waals surface area contributed by atoms with E-state index >= 15 is 0 Å². The molecule has 0 atom stereocenters. The van der Waals surface area contributed by atoms with Crippen LogP contribution < -0.4 is 20.7 Å². The molecular weight excluding hydrogens is 391 g/mol. The highest BCUT2D eigenvalue weighted by Gasteiger charge is 2.10. The maximum Gasteiger partial charge on any atom is 0.320 e. The monoisotopic (exact) mass is 412 g/mol. The van der Waals surface area contributed by atoms with Gasteiger partial charge in [0.25, 0.3) is 0 Å². The number of nitrogens with one attached hydrogen (secondary N) is 3. The second-order valence-electron chi connectivity index (χ2n) is 6.34. The predicted octanol–water partition coefficient (Wildman–Crippen LogP) is 2.59. The van der Waals surface area contributed by atoms with E-state index in [4.69, 9.17) is 4.74 Å². The number of pyridine rings is 1. The molecule has 0 unspecified atom stereocenters. The summed E-state index contributed by atoms with van der Waals surface area (Å²) in [6.07, 6.45) is 1.51. The molecule has 3 N–H and O–H groups in total. The van der Waals surface area contributed by atoms with Crippen molar-refractivity contribution in [3.63, 3.8) is 0 Å². The van der Waals surface area contributed by atoms with Crippen molar-refractivity contribution < 1.29 is 18.7 Å². The Hall–Kier alpha value is -3.95. The molecule has 9 nitrogen and oxygen atoms in total. The maximum absolute atomic E-state index is 13.7. The van der Waals surface area contributed by atoms with E-state index in [-0.39, 0.29) is 30.6 Å². The molecule has 0 saturated heterocycles. The van der Waals surface area contributed by atoms with Crippen LogP contribution in [0.2, 0.25) is 0 Å². The molecule has 0 aliphatic carbocycles. The topological polar surface area (TPSA) is 110 Å². The number of ether oxygens (including phenoxy) is 1. The lowest BCUT2D eigenvalue weighted by Gasteiger charge is -2.08. The Balaban J connectivity index is 1.56. The molecule has 10 heteroatoms. The zero-order chi connectivity index (χ0) is 21.5. The van der Waals surface area contributed by atoms with Crippen LogP contribution in [0.3, 0.4) is 0 Å². The standard InChI is InChI=1S/C20H21FN6O3/c1-13-9-17(26-27(13)12-18(28)22-2)25-20(29)24-11-14-7-8-23-19(10-14)30-16-6-4-3-5-15(16)21/h3-10H,11-12H2,1-2H3,(H,22,28)(H2,24,25,26,29). The number of hydrogen-bond acceptors (Lipinski definition) is 5. The predicted molar refractivity (Wildman–Crippen MR) is 108 cm³/mol. The number of anilines is 1. The number of aromatic nitrogens is 3. The molecule has 2 aromatic heterocycles. The first kappa shape index (κ1) is 20.8. The van der Waals surface area contributed by atoms with Gasteiger partial charge in [0.05, 0.1) is 0 Å². The minimum atomic E-state index is -0.492. The number of carbonyl (C=O) groups excluding carboxylic acids is 2. The van der Waals surface area contributed by atoms with Crippen LogP contribution >= 0.6 is 0 Å². The first-order valence-electron chi connectivity index (χ1n) is 9.12. The van der Waals surface area contributed by atoms with Crippen LogP contribution in [0.1, 0.15) is 11.3 Å². The molecule has 3 amide bonds. The number of halogens is 1. The fourth-order valence-electron chi connectivity index (χ4n) is 2.55. The molecule has 30 heavy (non-hydrogen) atoms. The van der Waals surface area contributed by atoms with Gasteiger partial charge in [-0.1, -0.05) is 12.1 Å². The summed E-state index contributed by atoms with van der Waals surface area (Å²) < 4.78 is 20.6. The third kappa shape index (κ3) is 5.53. The van der Waals surface area contributed by atoms with Crippen molar-refractivity contribution in [1.29, 1.82) is 0 Å². The van der Waals surface area contributed by atoms with Crippen LogP contribution in [0, 0.1) is 12.7 Å². The zero-order valence-corrected chi connectivity index (χ0v) is 16.5. The minimum absolute atomic E-state index is 0.0629. The number of likely N-dealkylation sites (N-methyl/N-ethyl adjacent to an activating group) is 1. The number of aryl methyl sites for hydroxylation is 1. The Bertz CT molecular complexity index is 1050. The van der Waals surface area contributed by atoms with E-state index in [0.29, 0.717) is 11.4 Å². The number of amides is 3. The van der Waals surface area contributed by atoms with Crippen molar-refractivity contribution in [3.05, 3.63) is 65.7 Å². The smallest absolute Gasteiger partial charge is 0.320 e. The molecule has 0 aliphatic rings. The van der Waals surface area contributed by atoms with Crippen LogP contribution in [-0.2, 0) is 17.9 Å². The molecule has 156 valence electrons. The lowest BCUT2D eigenvalue weighted by atomic mass is 10.2. The Morgan fingerprint density at radius 3 is 2.77 bits per heavy atom. The van der Waals surface area contributed by atoms with Gasteiger partial charge in [-0.3, -0.25) is 14.8 Å². The summed E-state index contributed by atoms with van der Waals surface area (Å²) in [4.78, 5) is 27.7. The summed E-state index contributed by atoms with van der Waals surface area (Å²) in [6, 6.07) is 10.5. The Morgan fingerprint density at radius 2 is 2.00 bits per heavy atom. The number of para-hydroxylation sites is 1. The van der Waals surface area contributed by atoms with Gasteiger partial charge in [0.1, 0.15) is 6.54 Å². The molecule has 1 aromatic carbocycles. The van der Waals surface area contributed by atoms with Gasteiger partial charge in [0.15, 0.2) is 17.4 Å². The molecule has 0 aliphatic heterocycles.